The molecule has 23 heavy (non-hydrogen) atoms. The van der Waals surface area contributed by atoms with Gasteiger partial charge in [0.05, 0.1) is 11.1 Å². The first kappa shape index (κ1) is 15.2. The minimum absolute atomic E-state index is 0.132. The number of aromatic nitrogens is 1. The van der Waals surface area contributed by atoms with Gasteiger partial charge in [-0.15, -0.1) is 0 Å². The number of carbonyl (C=O) groups is 2. The van der Waals surface area contributed by atoms with Crippen LogP contribution in [-0.2, 0) is 0 Å². The highest BCUT2D eigenvalue weighted by Crippen LogP contribution is 2.42. The molecule has 0 atom stereocenters. The molecular weight excluding hydrogens is 292 g/mol. The maximum absolute atomic E-state index is 12.0. The van der Waals surface area contributed by atoms with Crippen molar-refractivity contribution in [2.75, 3.05) is 14.1 Å². The minimum Gasteiger partial charge on any atom is -0.478 e. The standard InChI is InChI=1S/C18H18N2O3/c1-20(2)17(21)14-7-13(9-19-10-14)12-5-6-15(11-3-4-11)16(8-12)18(22)23/h5-11H,3-4H2,1-2H3,(H,22,23). The van der Waals surface area contributed by atoms with E-state index in [0.29, 0.717) is 17.0 Å². The summed E-state index contributed by atoms with van der Waals surface area (Å²) in [6, 6.07) is 7.21. The van der Waals surface area contributed by atoms with Gasteiger partial charge in [0.2, 0.25) is 0 Å². The van der Waals surface area contributed by atoms with E-state index in [-0.39, 0.29) is 5.91 Å². The van der Waals surface area contributed by atoms with Crippen LogP contribution in [0, 0.1) is 0 Å². The molecule has 0 bridgehead atoms. The average molecular weight is 310 g/mol. The fourth-order valence-electron chi connectivity index (χ4n) is 2.64. The monoisotopic (exact) mass is 310 g/mol. The number of nitrogens with zero attached hydrogens (tertiary/aromatic N) is 2. The number of rotatable bonds is 4. The van der Waals surface area contributed by atoms with Gasteiger partial charge >= 0.3 is 5.97 Å². The molecule has 1 heterocycles. The lowest BCUT2D eigenvalue weighted by molar-refractivity contribution is 0.0695. The van der Waals surface area contributed by atoms with E-state index < -0.39 is 5.97 Å². The van der Waals surface area contributed by atoms with Gasteiger partial charge in [0.25, 0.3) is 5.91 Å². The Balaban J connectivity index is 2.02. The normalized spacial score (nSPS) is 13.7. The van der Waals surface area contributed by atoms with E-state index in [1.54, 1.807) is 32.4 Å². The molecule has 1 N–H and O–H groups in total. The molecule has 1 aromatic carbocycles. The maximum atomic E-state index is 12.0. The number of carbonyl (C=O) groups excluding carboxylic acids is 1. The molecular formula is C18H18N2O3. The molecule has 0 radical (unpaired) electrons. The lowest BCUT2D eigenvalue weighted by Crippen LogP contribution is -2.21. The molecule has 5 heteroatoms. The van der Waals surface area contributed by atoms with Gasteiger partial charge in [0.15, 0.2) is 0 Å². The number of amides is 1. The quantitative estimate of drug-likeness (QED) is 0.942. The number of benzene rings is 1. The Hall–Kier alpha value is -2.69. The number of hydrogen-bond acceptors (Lipinski definition) is 3. The van der Waals surface area contributed by atoms with Crippen molar-refractivity contribution in [3.8, 4) is 11.1 Å². The number of carboxylic acid groups (broad SMARTS) is 1. The Kier molecular flexibility index (Phi) is 3.86. The van der Waals surface area contributed by atoms with E-state index in [1.807, 2.05) is 12.1 Å². The van der Waals surface area contributed by atoms with Gasteiger partial charge in [-0.2, -0.15) is 0 Å². The number of aromatic carboxylic acids is 1. The molecule has 1 fully saturated rings. The van der Waals surface area contributed by atoms with Crippen LogP contribution in [0.4, 0.5) is 0 Å². The van der Waals surface area contributed by atoms with Crippen LogP contribution < -0.4 is 0 Å². The highest BCUT2D eigenvalue weighted by molar-refractivity contribution is 5.95. The number of carboxylic acids is 1. The van der Waals surface area contributed by atoms with Crippen molar-refractivity contribution in [1.82, 2.24) is 9.88 Å². The van der Waals surface area contributed by atoms with Gasteiger partial charge in [-0.05, 0) is 42.0 Å². The first-order valence-corrected chi connectivity index (χ1v) is 7.51. The van der Waals surface area contributed by atoms with Gasteiger partial charge in [0.1, 0.15) is 0 Å². The highest BCUT2D eigenvalue weighted by atomic mass is 16.4. The summed E-state index contributed by atoms with van der Waals surface area (Å²) in [4.78, 5) is 29.2. The van der Waals surface area contributed by atoms with E-state index in [2.05, 4.69) is 4.98 Å². The van der Waals surface area contributed by atoms with Crippen LogP contribution in [0.25, 0.3) is 11.1 Å². The third-order valence-corrected chi connectivity index (χ3v) is 4.03. The lowest BCUT2D eigenvalue weighted by atomic mass is 9.97. The number of pyridine rings is 1. The Bertz CT molecular complexity index is 780. The van der Waals surface area contributed by atoms with Crippen molar-refractivity contribution in [3.05, 3.63) is 53.3 Å². The highest BCUT2D eigenvalue weighted by Gasteiger charge is 2.28. The van der Waals surface area contributed by atoms with Crippen LogP contribution in [0.1, 0.15) is 45.0 Å². The predicted molar refractivity (Wildman–Crippen MR) is 86.6 cm³/mol. The Morgan fingerprint density at radius 1 is 1.13 bits per heavy atom. The second-order valence-corrected chi connectivity index (χ2v) is 6.04. The van der Waals surface area contributed by atoms with Crippen LogP contribution in [0.15, 0.2) is 36.7 Å². The first-order chi connectivity index (χ1) is 11.0. The second-order valence-electron chi connectivity index (χ2n) is 6.04. The molecule has 1 aliphatic carbocycles. The van der Waals surface area contributed by atoms with Gasteiger partial charge in [0, 0.05) is 32.1 Å². The van der Waals surface area contributed by atoms with Crippen LogP contribution >= 0.6 is 0 Å². The summed E-state index contributed by atoms with van der Waals surface area (Å²) in [6.45, 7) is 0. The molecule has 1 saturated carbocycles. The van der Waals surface area contributed by atoms with E-state index >= 15 is 0 Å². The topological polar surface area (TPSA) is 70.5 Å². The molecule has 1 aromatic heterocycles. The average Bonchev–Trinajstić information content (AvgIpc) is 3.38. The fourth-order valence-corrected chi connectivity index (χ4v) is 2.64. The third-order valence-electron chi connectivity index (χ3n) is 4.03. The molecule has 1 aliphatic rings. The molecule has 118 valence electrons. The van der Waals surface area contributed by atoms with Gasteiger partial charge in [-0.3, -0.25) is 9.78 Å². The molecule has 0 spiro atoms. The second kappa shape index (κ2) is 5.83. The van der Waals surface area contributed by atoms with Gasteiger partial charge in [-0.25, -0.2) is 4.79 Å². The smallest absolute Gasteiger partial charge is 0.335 e. The molecule has 1 amide bonds. The maximum Gasteiger partial charge on any atom is 0.335 e. The minimum atomic E-state index is -0.915. The zero-order chi connectivity index (χ0) is 16.6. The van der Waals surface area contributed by atoms with Crippen molar-refractivity contribution in [1.29, 1.82) is 0 Å². The molecule has 0 unspecified atom stereocenters. The van der Waals surface area contributed by atoms with Crippen LogP contribution in [0.2, 0.25) is 0 Å². The Labute approximate surface area is 134 Å². The van der Waals surface area contributed by atoms with E-state index in [0.717, 1.165) is 29.5 Å². The Morgan fingerprint density at radius 3 is 2.48 bits per heavy atom. The fraction of sp³-hybridized carbons (Fsp3) is 0.278. The summed E-state index contributed by atoms with van der Waals surface area (Å²) >= 11 is 0. The Morgan fingerprint density at radius 2 is 1.87 bits per heavy atom. The van der Waals surface area contributed by atoms with Crippen LogP contribution in [-0.4, -0.2) is 41.0 Å². The van der Waals surface area contributed by atoms with E-state index in [4.69, 9.17) is 0 Å². The summed E-state index contributed by atoms with van der Waals surface area (Å²) in [5.41, 5.74) is 3.22. The summed E-state index contributed by atoms with van der Waals surface area (Å²) in [6.07, 6.45) is 5.26. The SMILES string of the molecule is CN(C)C(=O)c1cncc(-c2ccc(C3CC3)c(C(=O)O)c2)c1. The molecule has 3 rings (SSSR count). The van der Waals surface area contributed by atoms with Crippen molar-refractivity contribution in [3.63, 3.8) is 0 Å². The molecule has 0 saturated heterocycles. The van der Waals surface area contributed by atoms with E-state index in [9.17, 15) is 14.7 Å². The summed E-state index contributed by atoms with van der Waals surface area (Å²) in [7, 11) is 3.37. The first-order valence-electron chi connectivity index (χ1n) is 7.51. The van der Waals surface area contributed by atoms with Crippen LogP contribution in [0.5, 0.6) is 0 Å². The lowest BCUT2D eigenvalue weighted by Gasteiger charge is -2.12. The molecule has 2 aromatic rings. The summed E-state index contributed by atoms with van der Waals surface area (Å²) in [5, 5.41) is 9.45. The molecule has 5 nitrogen and oxygen atoms in total. The van der Waals surface area contributed by atoms with E-state index in [1.165, 1.54) is 11.1 Å². The van der Waals surface area contributed by atoms with Crippen molar-refractivity contribution >= 4 is 11.9 Å². The van der Waals surface area contributed by atoms with Gasteiger partial charge < -0.3 is 10.0 Å². The van der Waals surface area contributed by atoms with Crippen molar-refractivity contribution in [2.45, 2.75) is 18.8 Å². The summed E-state index contributed by atoms with van der Waals surface area (Å²) < 4.78 is 0. The third kappa shape index (κ3) is 3.08. The van der Waals surface area contributed by atoms with Crippen molar-refractivity contribution in [2.24, 2.45) is 0 Å². The summed E-state index contributed by atoms with van der Waals surface area (Å²) in [5.74, 6) is -0.676. The van der Waals surface area contributed by atoms with Crippen molar-refractivity contribution < 1.29 is 14.7 Å². The van der Waals surface area contributed by atoms with Gasteiger partial charge in [-0.1, -0.05) is 12.1 Å². The molecule has 0 aliphatic heterocycles. The zero-order valence-electron chi connectivity index (χ0n) is 13.1. The zero-order valence-corrected chi connectivity index (χ0v) is 13.1. The predicted octanol–water partition coefficient (Wildman–Crippen LogP) is 3.03. The largest absolute Gasteiger partial charge is 0.478 e. The van der Waals surface area contributed by atoms with Crippen LogP contribution in [0.3, 0.4) is 0 Å². The number of hydrogen-bond donors (Lipinski definition) is 1.